The van der Waals surface area contributed by atoms with Gasteiger partial charge >= 0.3 is 6.03 Å². The molecule has 4 rings (SSSR count). The number of carbonyl (C=O) groups excluding carboxylic acids is 2. The second kappa shape index (κ2) is 7.70. The molecule has 2 aromatic rings. The van der Waals surface area contributed by atoms with Crippen LogP contribution in [-0.4, -0.2) is 45.9 Å². The molecule has 1 aliphatic carbocycles. The molecule has 2 amide bonds. The maximum Gasteiger partial charge on any atom is 0.368 e. The molecular formula is C22H26N4O2. The van der Waals surface area contributed by atoms with Gasteiger partial charge in [-0.3, -0.25) is 4.79 Å². The van der Waals surface area contributed by atoms with Crippen LogP contribution < -0.4 is 0 Å². The summed E-state index contributed by atoms with van der Waals surface area (Å²) < 4.78 is 1.25. The van der Waals surface area contributed by atoms with Crippen LogP contribution in [0, 0.1) is 0 Å². The number of fused-ring (bicyclic) bond motifs is 1. The zero-order valence-corrected chi connectivity index (χ0v) is 16.5. The first-order chi connectivity index (χ1) is 13.6. The molecule has 0 bridgehead atoms. The van der Waals surface area contributed by atoms with Crippen molar-refractivity contribution in [1.29, 1.82) is 0 Å². The molecule has 1 aromatic heterocycles. The minimum Gasteiger partial charge on any atom is -0.342 e. The second-order valence-electron chi connectivity index (χ2n) is 7.71. The SMILES string of the molecule is CCN(C)C(=O)c1cnn2c1CC(c1ccc(C3CCCCC3)cc1)=NC2=O. The van der Waals surface area contributed by atoms with E-state index in [1.807, 2.05) is 6.92 Å². The number of carbonyl (C=O) groups is 2. The molecule has 1 saturated carbocycles. The summed E-state index contributed by atoms with van der Waals surface area (Å²) in [4.78, 5) is 30.9. The quantitative estimate of drug-likeness (QED) is 0.806. The molecule has 2 heterocycles. The Bertz CT molecular complexity index is 921. The van der Waals surface area contributed by atoms with Crippen molar-refractivity contribution in [3.05, 3.63) is 52.8 Å². The number of hydrogen-bond acceptors (Lipinski definition) is 3. The Balaban J connectivity index is 1.58. The summed E-state index contributed by atoms with van der Waals surface area (Å²) >= 11 is 0. The molecule has 1 aromatic carbocycles. The van der Waals surface area contributed by atoms with Gasteiger partial charge in [0.25, 0.3) is 5.91 Å². The molecule has 28 heavy (non-hydrogen) atoms. The van der Waals surface area contributed by atoms with Gasteiger partial charge in [0.05, 0.1) is 23.2 Å². The Kier molecular flexibility index (Phi) is 5.11. The van der Waals surface area contributed by atoms with Gasteiger partial charge < -0.3 is 4.90 Å². The summed E-state index contributed by atoms with van der Waals surface area (Å²) in [6, 6.07) is 8.01. The number of nitrogens with zero attached hydrogens (tertiary/aromatic N) is 4. The van der Waals surface area contributed by atoms with Gasteiger partial charge in [-0.05, 0) is 36.8 Å². The topological polar surface area (TPSA) is 67.6 Å². The molecule has 146 valence electrons. The van der Waals surface area contributed by atoms with E-state index in [9.17, 15) is 9.59 Å². The van der Waals surface area contributed by atoms with E-state index in [1.54, 1.807) is 11.9 Å². The Morgan fingerprint density at radius 3 is 2.57 bits per heavy atom. The van der Waals surface area contributed by atoms with Gasteiger partial charge in [0, 0.05) is 20.0 Å². The number of rotatable bonds is 4. The Labute approximate surface area is 165 Å². The highest BCUT2D eigenvalue weighted by Gasteiger charge is 2.28. The largest absolute Gasteiger partial charge is 0.368 e. The third-order valence-electron chi connectivity index (χ3n) is 5.99. The molecular weight excluding hydrogens is 352 g/mol. The van der Waals surface area contributed by atoms with Crippen molar-refractivity contribution >= 4 is 17.6 Å². The zero-order valence-electron chi connectivity index (χ0n) is 16.5. The first kappa shape index (κ1) is 18.6. The van der Waals surface area contributed by atoms with E-state index in [1.165, 1.54) is 48.5 Å². The van der Waals surface area contributed by atoms with E-state index in [4.69, 9.17) is 0 Å². The lowest BCUT2D eigenvalue weighted by atomic mass is 9.83. The van der Waals surface area contributed by atoms with Gasteiger partial charge in [-0.15, -0.1) is 0 Å². The number of benzene rings is 1. The van der Waals surface area contributed by atoms with Crippen molar-refractivity contribution in [3.8, 4) is 0 Å². The minimum absolute atomic E-state index is 0.120. The average Bonchev–Trinajstić information content (AvgIpc) is 3.18. The van der Waals surface area contributed by atoms with Crippen LogP contribution in [0.2, 0.25) is 0 Å². The van der Waals surface area contributed by atoms with E-state index in [2.05, 4.69) is 34.4 Å². The van der Waals surface area contributed by atoms with Crippen molar-refractivity contribution in [3.63, 3.8) is 0 Å². The fourth-order valence-electron chi connectivity index (χ4n) is 4.15. The summed E-state index contributed by atoms with van der Waals surface area (Å²) in [6.07, 6.45) is 8.37. The minimum atomic E-state index is -0.439. The molecule has 1 fully saturated rings. The van der Waals surface area contributed by atoms with Crippen molar-refractivity contribution in [2.24, 2.45) is 4.99 Å². The van der Waals surface area contributed by atoms with Gasteiger partial charge in [0.15, 0.2) is 0 Å². The molecule has 0 saturated heterocycles. The summed E-state index contributed by atoms with van der Waals surface area (Å²) in [5.41, 5.74) is 4.10. The van der Waals surface area contributed by atoms with Crippen molar-refractivity contribution < 1.29 is 9.59 Å². The van der Waals surface area contributed by atoms with Gasteiger partial charge in [-0.2, -0.15) is 14.8 Å². The molecule has 0 spiro atoms. The van der Waals surface area contributed by atoms with Crippen molar-refractivity contribution in [2.75, 3.05) is 13.6 Å². The third-order valence-corrected chi connectivity index (χ3v) is 5.99. The fraction of sp³-hybridized carbons (Fsp3) is 0.455. The highest BCUT2D eigenvalue weighted by atomic mass is 16.2. The van der Waals surface area contributed by atoms with Gasteiger partial charge in [0.1, 0.15) is 0 Å². The Morgan fingerprint density at radius 1 is 1.18 bits per heavy atom. The normalized spacial score (nSPS) is 17.2. The summed E-state index contributed by atoms with van der Waals surface area (Å²) in [7, 11) is 1.75. The highest BCUT2D eigenvalue weighted by Crippen LogP contribution is 2.32. The van der Waals surface area contributed by atoms with E-state index in [0.717, 1.165) is 5.56 Å². The molecule has 6 heteroatoms. The van der Waals surface area contributed by atoms with E-state index >= 15 is 0 Å². The number of aliphatic imine (C=N–C) groups is 1. The van der Waals surface area contributed by atoms with Crippen LogP contribution in [0.1, 0.15) is 72.1 Å². The smallest absolute Gasteiger partial charge is 0.342 e. The van der Waals surface area contributed by atoms with Crippen LogP contribution in [0.3, 0.4) is 0 Å². The van der Waals surface area contributed by atoms with Crippen LogP contribution in [0.4, 0.5) is 4.79 Å². The zero-order chi connectivity index (χ0) is 19.7. The van der Waals surface area contributed by atoms with Crippen molar-refractivity contribution in [2.45, 2.75) is 51.4 Å². The lowest BCUT2D eigenvalue weighted by Gasteiger charge is -2.22. The van der Waals surface area contributed by atoms with E-state index in [0.29, 0.717) is 35.9 Å². The lowest BCUT2D eigenvalue weighted by Crippen LogP contribution is -2.29. The molecule has 0 atom stereocenters. The monoisotopic (exact) mass is 378 g/mol. The number of amides is 2. The van der Waals surface area contributed by atoms with Crippen LogP contribution >= 0.6 is 0 Å². The maximum atomic E-state index is 12.6. The van der Waals surface area contributed by atoms with Crippen LogP contribution in [0.15, 0.2) is 35.5 Å². The highest BCUT2D eigenvalue weighted by molar-refractivity contribution is 6.11. The molecule has 1 aliphatic heterocycles. The standard InChI is InChI=1S/C22H26N4O2/c1-3-25(2)21(27)18-14-23-26-20(18)13-19(24-22(26)28)17-11-9-16(10-12-17)15-7-5-4-6-8-15/h9-12,14-15H,3-8,13H2,1-2H3. The molecule has 0 radical (unpaired) electrons. The van der Waals surface area contributed by atoms with Gasteiger partial charge in [-0.25, -0.2) is 4.79 Å². The molecule has 6 nitrogen and oxygen atoms in total. The second-order valence-corrected chi connectivity index (χ2v) is 7.71. The van der Waals surface area contributed by atoms with Gasteiger partial charge in [-0.1, -0.05) is 43.5 Å². The van der Waals surface area contributed by atoms with Crippen LogP contribution in [0.5, 0.6) is 0 Å². The van der Waals surface area contributed by atoms with Gasteiger partial charge in [0.2, 0.25) is 0 Å². The Morgan fingerprint density at radius 2 is 1.89 bits per heavy atom. The van der Waals surface area contributed by atoms with Crippen molar-refractivity contribution in [1.82, 2.24) is 14.7 Å². The summed E-state index contributed by atoms with van der Waals surface area (Å²) in [6.45, 7) is 2.51. The number of aromatic nitrogens is 2. The molecule has 0 unspecified atom stereocenters. The predicted octanol–water partition coefficient (Wildman–Crippen LogP) is 4.04. The molecule has 2 aliphatic rings. The maximum absolute atomic E-state index is 12.6. The molecule has 0 N–H and O–H groups in total. The van der Waals surface area contributed by atoms with E-state index < -0.39 is 6.03 Å². The Hall–Kier alpha value is -2.76. The summed E-state index contributed by atoms with van der Waals surface area (Å²) in [5, 5.41) is 4.09. The first-order valence-electron chi connectivity index (χ1n) is 10.1. The average molecular weight is 378 g/mol. The van der Waals surface area contributed by atoms with Crippen LogP contribution in [0.25, 0.3) is 0 Å². The van der Waals surface area contributed by atoms with E-state index in [-0.39, 0.29) is 5.91 Å². The third kappa shape index (κ3) is 3.39. The number of hydrogen-bond donors (Lipinski definition) is 0. The first-order valence-corrected chi connectivity index (χ1v) is 10.1. The lowest BCUT2D eigenvalue weighted by molar-refractivity contribution is 0.0801. The summed E-state index contributed by atoms with van der Waals surface area (Å²) in [5.74, 6) is 0.526. The fourth-order valence-corrected chi connectivity index (χ4v) is 4.15. The van der Waals surface area contributed by atoms with Crippen LogP contribution in [-0.2, 0) is 6.42 Å². The predicted molar refractivity (Wildman–Crippen MR) is 108 cm³/mol.